The van der Waals surface area contributed by atoms with Crippen LogP contribution in [0.2, 0.25) is 0 Å². The van der Waals surface area contributed by atoms with Gasteiger partial charge in [0, 0.05) is 6.21 Å². The molecule has 0 saturated heterocycles. The quantitative estimate of drug-likeness (QED) is 0.316. The Morgan fingerprint density at radius 1 is 2.00 bits per heavy atom. The SMILES string of the molecule is [CH2]C(/C=N\O)CC. The first kappa shape index (κ1) is 6.47. The van der Waals surface area contributed by atoms with E-state index in [0.29, 0.717) is 0 Å². The van der Waals surface area contributed by atoms with Gasteiger partial charge in [-0.3, -0.25) is 0 Å². The van der Waals surface area contributed by atoms with Crippen LogP contribution in [0.25, 0.3) is 0 Å². The molecular formula is C5H10NO. The Balaban J connectivity index is 3.16. The highest BCUT2D eigenvalue weighted by Gasteiger charge is 1.89. The van der Waals surface area contributed by atoms with Gasteiger partial charge in [0.2, 0.25) is 0 Å². The van der Waals surface area contributed by atoms with Crippen molar-refractivity contribution in [3.05, 3.63) is 6.92 Å². The predicted molar refractivity (Wildman–Crippen MR) is 29.4 cm³/mol. The first-order chi connectivity index (χ1) is 3.31. The molecule has 0 saturated carbocycles. The fourth-order valence-corrected chi connectivity index (χ4v) is 0.200. The van der Waals surface area contributed by atoms with Crippen LogP contribution in [0.4, 0.5) is 0 Å². The maximum absolute atomic E-state index is 7.90. The summed E-state index contributed by atoms with van der Waals surface area (Å²) in [6.07, 6.45) is 2.34. The Morgan fingerprint density at radius 2 is 2.57 bits per heavy atom. The topological polar surface area (TPSA) is 32.6 Å². The molecule has 2 heteroatoms. The van der Waals surface area contributed by atoms with Crippen molar-refractivity contribution >= 4 is 6.21 Å². The highest BCUT2D eigenvalue weighted by Crippen LogP contribution is 1.92. The van der Waals surface area contributed by atoms with E-state index in [4.69, 9.17) is 5.21 Å². The van der Waals surface area contributed by atoms with Gasteiger partial charge >= 0.3 is 0 Å². The van der Waals surface area contributed by atoms with Gasteiger partial charge in [0.25, 0.3) is 0 Å². The Morgan fingerprint density at radius 3 is 2.71 bits per heavy atom. The van der Waals surface area contributed by atoms with Crippen LogP contribution in [0.5, 0.6) is 0 Å². The Labute approximate surface area is 43.8 Å². The zero-order valence-electron chi connectivity index (χ0n) is 4.46. The van der Waals surface area contributed by atoms with Gasteiger partial charge < -0.3 is 5.21 Å². The second kappa shape index (κ2) is 3.65. The zero-order valence-corrected chi connectivity index (χ0v) is 4.46. The molecule has 0 fully saturated rings. The third-order valence-corrected chi connectivity index (χ3v) is 0.802. The lowest BCUT2D eigenvalue weighted by Gasteiger charge is -1.93. The van der Waals surface area contributed by atoms with Crippen molar-refractivity contribution in [3.63, 3.8) is 0 Å². The van der Waals surface area contributed by atoms with Crippen molar-refractivity contribution in [1.82, 2.24) is 0 Å². The molecule has 0 aromatic carbocycles. The molecule has 0 spiro atoms. The molecule has 0 aromatic heterocycles. The van der Waals surface area contributed by atoms with E-state index in [1.54, 1.807) is 0 Å². The molecule has 1 radical (unpaired) electrons. The summed E-state index contributed by atoms with van der Waals surface area (Å²) in [6, 6.07) is 0. The van der Waals surface area contributed by atoms with Gasteiger partial charge in [-0.15, -0.1) is 5.16 Å². The molecule has 1 N–H and O–H groups in total. The Bertz CT molecular complexity index is 61.1. The maximum atomic E-state index is 7.90. The minimum absolute atomic E-state index is 0.157. The number of hydrogen-bond acceptors (Lipinski definition) is 2. The summed E-state index contributed by atoms with van der Waals surface area (Å²) in [4.78, 5) is 0. The molecule has 0 aliphatic rings. The number of nitrogens with zero attached hydrogens (tertiary/aromatic N) is 1. The van der Waals surface area contributed by atoms with Crippen LogP contribution < -0.4 is 0 Å². The third kappa shape index (κ3) is 3.30. The van der Waals surface area contributed by atoms with E-state index < -0.39 is 0 Å². The Hall–Kier alpha value is -0.530. The molecule has 7 heavy (non-hydrogen) atoms. The lowest BCUT2D eigenvalue weighted by Crippen LogP contribution is -1.91. The van der Waals surface area contributed by atoms with Gasteiger partial charge in [-0.05, 0) is 19.3 Å². The summed E-state index contributed by atoms with van der Waals surface area (Å²) >= 11 is 0. The average molecular weight is 100 g/mol. The van der Waals surface area contributed by atoms with E-state index in [2.05, 4.69) is 12.1 Å². The van der Waals surface area contributed by atoms with Gasteiger partial charge in [-0.2, -0.15) is 0 Å². The van der Waals surface area contributed by atoms with Crippen LogP contribution in [0, 0.1) is 12.8 Å². The standard InChI is InChI=1S/C5H10NO/c1-3-5(2)4-6-7/h4-5,7H,2-3H2,1H3/b6-4-. The van der Waals surface area contributed by atoms with E-state index >= 15 is 0 Å². The van der Waals surface area contributed by atoms with Crippen molar-refractivity contribution in [1.29, 1.82) is 0 Å². The molecule has 0 aliphatic heterocycles. The molecule has 41 valence electrons. The van der Waals surface area contributed by atoms with Gasteiger partial charge in [0.05, 0.1) is 0 Å². The van der Waals surface area contributed by atoms with Crippen molar-refractivity contribution < 1.29 is 5.21 Å². The van der Waals surface area contributed by atoms with Gasteiger partial charge in [-0.1, -0.05) is 6.92 Å². The fraction of sp³-hybridized carbons (Fsp3) is 0.600. The summed E-state index contributed by atoms with van der Waals surface area (Å²) in [6.45, 7) is 5.62. The van der Waals surface area contributed by atoms with E-state index in [-0.39, 0.29) is 5.92 Å². The van der Waals surface area contributed by atoms with Gasteiger partial charge in [-0.25, -0.2) is 0 Å². The molecular weight excluding hydrogens is 90.1 g/mol. The summed E-state index contributed by atoms with van der Waals surface area (Å²) in [5.41, 5.74) is 0. The molecule has 0 aliphatic carbocycles. The minimum atomic E-state index is 0.157. The smallest absolute Gasteiger partial charge is 0.0466 e. The number of oxime groups is 1. The van der Waals surface area contributed by atoms with Crippen LogP contribution in [0.1, 0.15) is 13.3 Å². The fourth-order valence-electron chi connectivity index (χ4n) is 0.200. The summed E-state index contributed by atoms with van der Waals surface area (Å²) in [5, 5.41) is 10.7. The molecule has 1 unspecified atom stereocenters. The molecule has 0 rings (SSSR count). The average Bonchev–Trinajstić information content (AvgIpc) is 1.68. The predicted octanol–water partition coefficient (Wildman–Crippen LogP) is 1.31. The first-order valence-electron chi connectivity index (χ1n) is 2.32. The Kier molecular flexibility index (Phi) is 3.38. The molecule has 0 amide bonds. The first-order valence-corrected chi connectivity index (χ1v) is 2.32. The summed E-state index contributed by atoms with van der Waals surface area (Å²) in [5.74, 6) is 0.157. The molecule has 0 bridgehead atoms. The summed E-state index contributed by atoms with van der Waals surface area (Å²) in [7, 11) is 0. The highest BCUT2D eigenvalue weighted by molar-refractivity contribution is 5.60. The van der Waals surface area contributed by atoms with Crippen molar-refractivity contribution in [2.45, 2.75) is 13.3 Å². The summed E-state index contributed by atoms with van der Waals surface area (Å²) < 4.78 is 0. The van der Waals surface area contributed by atoms with Crippen molar-refractivity contribution in [2.75, 3.05) is 0 Å². The zero-order chi connectivity index (χ0) is 5.70. The van der Waals surface area contributed by atoms with Crippen molar-refractivity contribution in [3.8, 4) is 0 Å². The van der Waals surface area contributed by atoms with Crippen LogP contribution in [0.15, 0.2) is 5.16 Å². The molecule has 2 nitrogen and oxygen atoms in total. The second-order valence-electron chi connectivity index (χ2n) is 1.43. The van der Waals surface area contributed by atoms with E-state index in [9.17, 15) is 0 Å². The maximum Gasteiger partial charge on any atom is 0.0466 e. The second-order valence-corrected chi connectivity index (χ2v) is 1.43. The van der Waals surface area contributed by atoms with Crippen LogP contribution in [0.3, 0.4) is 0 Å². The minimum Gasteiger partial charge on any atom is -0.411 e. The number of hydrogen-bond donors (Lipinski definition) is 1. The van der Waals surface area contributed by atoms with Gasteiger partial charge in [0.1, 0.15) is 0 Å². The molecule has 0 aromatic rings. The lowest BCUT2D eigenvalue weighted by molar-refractivity contribution is 0.319. The van der Waals surface area contributed by atoms with E-state index in [1.807, 2.05) is 6.92 Å². The van der Waals surface area contributed by atoms with Gasteiger partial charge in [0.15, 0.2) is 0 Å². The van der Waals surface area contributed by atoms with Crippen LogP contribution >= 0.6 is 0 Å². The third-order valence-electron chi connectivity index (χ3n) is 0.802. The van der Waals surface area contributed by atoms with Crippen LogP contribution in [-0.4, -0.2) is 11.4 Å². The van der Waals surface area contributed by atoms with E-state index in [1.165, 1.54) is 6.21 Å². The molecule has 1 atom stereocenters. The monoisotopic (exact) mass is 100 g/mol. The van der Waals surface area contributed by atoms with Crippen LogP contribution in [-0.2, 0) is 0 Å². The molecule has 0 heterocycles. The number of rotatable bonds is 2. The van der Waals surface area contributed by atoms with E-state index in [0.717, 1.165) is 6.42 Å². The largest absolute Gasteiger partial charge is 0.411 e. The lowest BCUT2D eigenvalue weighted by atomic mass is 10.1. The van der Waals surface area contributed by atoms with Crippen molar-refractivity contribution in [2.24, 2.45) is 11.1 Å². The normalized spacial score (nSPS) is 15.1. The highest BCUT2D eigenvalue weighted by atomic mass is 16.4.